The first-order chi connectivity index (χ1) is 12.8. The fourth-order valence-electron chi connectivity index (χ4n) is 2.24. The van der Waals surface area contributed by atoms with Crippen LogP contribution in [0.15, 0.2) is 35.3 Å². The zero-order chi connectivity index (χ0) is 20.4. The predicted octanol–water partition coefficient (Wildman–Crippen LogP) is 3.67. The number of nitrogens with zero attached hydrogens (tertiary/aromatic N) is 2. The summed E-state index contributed by atoms with van der Waals surface area (Å²) in [5.74, 6) is 1.25. The molecule has 0 bridgehead atoms. The highest BCUT2D eigenvalue weighted by Crippen LogP contribution is 2.18. The molecular weight excluding hydrogens is 344 g/mol. The molecule has 0 fully saturated rings. The average molecular weight is 376 g/mol. The van der Waals surface area contributed by atoms with Gasteiger partial charge in [-0.05, 0) is 45.4 Å². The van der Waals surface area contributed by atoms with E-state index in [0.717, 1.165) is 11.3 Å². The summed E-state index contributed by atoms with van der Waals surface area (Å²) in [5.41, 5.74) is 1.01. The lowest BCUT2D eigenvalue weighted by atomic mass is 10.1. The lowest BCUT2D eigenvalue weighted by Gasteiger charge is -2.21. The Bertz CT molecular complexity index is 746. The minimum absolute atomic E-state index is 0.118. The van der Waals surface area contributed by atoms with Gasteiger partial charge in [-0.15, -0.1) is 0 Å². The summed E-state index contributed by atoms with van der Waals surface area (Å²) in [5, 5.41) is 13.0. The maximum absolute atomic E-state index is 12.4. The van der Waals surface area contributed by atoms with Gasteiger partial charge in [0.15, 0.2) is 0 Å². The highest BCUT2D eigenvalue weighted by atomic mass is 16.5. The summed E-state index contributed by atoms with van der Waals surface area (Å²) in [4.78, 5) is 12.4. The Morgan fingerprint density at radius 3 is 2.30 bits per heavy atom. The molecular formula is C21H32N2O4. The van der Waals surface area contributed by atoms with Crippen LogP contribution in [0.3, 0.4) is 0 Å². The molecule has 0 spiro atoms. The zero-order valence-electron chi connectivity index (χ0n) is 17.3. The highest BCUT2D eigenvalue weighted by molar-refractivity contribution is 5.29. The minimum atomic E-state index is -0.369. The van der Waals surface area contributed by atoms with Gasteiger partial charge in [0.25, 0.3) is 5.56 Å². The average Bonchev–Trinajstić information content (AvgIpc) is 2.65. The Labute approximate surface area is 161 Å². The number of aromatic nitrogens is 2. The molecule has 0 amide bonds. The maximum atomic E-state index is 12.4. The van der Waals surface area contributed by atoms with Crippen LogP contribution in [-0.4, -0.2) is 28.1 Å². The zero-order valence-corrected chi connectivity index (χ0v) is 17.3. The van der Waals surface area contributed by atoms with Crippen molar-refractivity contribution in [1.82, 2.24) is 9.78 Å². The quantitative estimate of drug-likeness (QED) is 0.746. The summed E-state index contributed by atoms with van der Waals surface area (Å²) in [6, 6.07) is 7.54. The smallest absolute Gasteiger partial charge is 0.273 e. The van der Waals surface area contributed by atoms with E-state index in [1.807, 2.05) is 58.9 Å². The minimum Gasteiger partial charge on any atom is -0.494 e. The molecule has 6 nitrogen and oxygen atoms in total. The molecule has 0 radical (unpaired) electrons. The van der Waals surface area contributed by atoms with E-state index in [0.29, 0.717) is 30.9 Å². The number of aliphatic hydroxyl groups excluding tert-OH is 1. The number of hydrogen-bond acceptors (Lipinski definition) is 5. The van der Waals surface area contributed by atoms with Crippen molar-refractivity contribution < 1.29 is 14.6 Å². The Hall–Kier alpha value is -2.34. The second-order valence-electron chi connectivity index (χ2n) is 6.88. The molecule has 0 saturated carbocycles. The van der Waals surface area contributed by atoms with E-state index in [1.54, 1.807) is 13.1 Å². The molecule has 1 aromatic heterocycles. The van der Waals surface area contributed by atoms with Crippen LogP contribution < -0.4 is 15.0 Å². The van der Waals surface area contributed by atoms with Gasteiger partial charge >= 0.3 is 0 Å². The SMILES string of the molecule is CC.Cc1c(OCc2ccc(OCCCO)cc2)cnn(C(C)(C)C)c1=O. The lowest BCUT2D eigenvalue weighted by Crippen LogP contribution is -2.37. The van der Waals surface area contributed by atoms with E-state index in [4.69, 9.17) is 14.6 Å². The second kappa shape index (κ2) is 10.7. The van der Waals surface area contributed by atoms with Gasteiger partial charge in [0.1, 0.15) is 18.1 Å². The summed E-state index contributed by atoms with van der Waals surface area (Å²) in [6.07, 6.45) is 2.20. The van der Waals surface area contributed by atoms with Gasteiger partial charge in [0, 0.05) is 13.0 Å². The molecule has 1 heterocycles. The van der Waals surface area contributed by atoms with Crippen LogP contribution in [0.5, 0.6) is 11.5 Å². The van der Waals surface area contributed by atoms with Crippen LogP contribution in [-0.2, 0) is 12.1 Å². The topological polar surface area (TPSA) is 73.6 Å². The number of hydrogen-bond donors (Lipinski definition) is 1. The second-order valence-corrected chi connectivity index (χ2v) is 6.88. The van der Waals surface area contributed by atoms with Crippen molar-refractivity contribution in [2.75, 3.05) is 13.2 Å². The van der Waals surface area contributed by atoms with Crippen molar-refractivity contribution in [3.05, 3.63) is 51.9 Å². The Balaban J connectivity index is 0.00000176. The Morgan fingerprint density at radius 1 is 1.11 bits per heavy atom. The number of aliphatic hydroxyl groups is 1. The van der Waals surface area contributed by atoms with Crippen LogP contribution in [0.1, 0.15) is 52.2 Å². The van der Waals surface area contributed by atoms with Crippen LogP contribution in [0.4, 0.5) is 0 Å². The van der Waals surface area contributed by atoms with Gasteiger partial charge in [-0.1, -0.05) is 26.0 Å². The van der Waals surface area contributed by atoms with Crippen LogP contribution in [0.2, 0.25) is 0 Å². The van der Waals surface area contributed by atoms with Crippen LogP contribution in [0.25, 0.3) is 0 Å². The summed E-state index contributed by atoms with van der Waals surface area (Å²) < 4.78 is 12.7. The van der Waals surface area contributed by atoms with Crippen molar-refractivity contribution in [1.29, 1.82) is 0 Å². The molecule has 150 valence electrons. The van der Waals surface area contributed by atoms with Gasteiger partial charge in [0.2, 0.25) is 0 Å². The van der Waals surface area contributed by atoms with Crippen molar-refractivity contribution in [2.45, 2.75) is 60.1 Å². The van der Waals surface area contributed by atoms with Crippen molar-refractivity contribution in [3.63, 3.8) is 0 Å². The normalized spacial score (nSPS) is 10.8. The first-order valence-corrected chi connectivity index (χ1v) is 9.37. The molecule has 0 aliphatic rings. The van der Waals surface area contributed by atoms with Gasteiger partial charge in [-0.25, -0.2) is 4.68 Å². The Kier molecular flexibility index (Phi) is 9.02. The highest BCUT2D eigenvalue weighted by Gasteiger charge is 2.18. The Morgan fingerprint density at radius 2 is 1.74 bits per heavy atom. The lowest BCUT2D eigenvalue weighted by molar-refractivity contribution is 0.233. The predicted molar refractivity (Wildman–Crippen MR) is 108 cm³/mol. The van der Waals surface area contributed by atoms with Crippen LogP contribution >= 0.6 is 0 Å². The van der Waals surface area contributed by atoms with E-state index < -0.39 is 0 Å². The van der Waals surface area contributed by atoms with Gasteiger partial charge < -0.3 is 14.6 Å². The van der Waals surface area contributed by atoms with Gasteiger partial charge in [-0.3, -0.25) is 4.79 Å². The molecule has 2 rings (SSSR count). The van der Waals surface area contributed by atoms with Crippen molar-refractivity contribution in [3.8, 4) is 11.5 Å². The molecule has 2 aromatic rings. The summed E-state index contributed by atoms with van der Waals surface area (Å²) >= 11 is 0. The first-order valence-electron chi connectivity index (χ1n) is 9.37. The van der Waals surface area contributed by atoms with E-state index in [1.165, 1.54) is 4.68 Å². The molecule has 0 aliphatic carbocycles. The van der Waals surface area contributed by atoms with E-state index in [-0.39, 0.29) is 17.7 Å². The summed E-state index contributed by atoms with van der Waals surface area (Å²) in [6.45, 7) is 12.5. The van der Waals surface area contributed by atoms with Crippen LogP contribution in [0, 0.1) is 6.92 Å². The molecule has 6 heteroatoms. The standard InChI is InChI=1S/C19H26N2O4.C2H6/c1-14-17(12-20-21(18(14)23)19(2,3)4)25-13-15-6-8-16(9-7-15)24-11-5-10-22;1-2/h6-9,12,22H,5,10-11,13H2,1-4H3;1-2H3. The van der Waals surface area contributed by atoms with Crippen molar-refractivity contribution in [2.24, 2.45) is 0 Å². The fourth-order valence-corrected chi connectivity index (χ4v) is 2.24. The molecule has 1 N–H and O–H groups in total. The third kappa shape index (κ3) is 6.71. The van der Waals surface area contributed by atoms with E-state index >= 15 is 0 Å². The molecule has 0 saturated heterocycles. The van der Waals surface area contributed by atoms with Crippen molar-refractivity contribution >= 4 is 0 Å². The number of benzene rings is 1. The van der Waals surface area contributed by atoms with E-state index in [2.05, 4.69) is 5.10 Å². The van der Waals surface area contributed by atoms with E-state index in [9.17, 15) is 4.79 Å². The number of ether oxygens (including phenoxy) is 2. The summed E-state index contributed by atoms with van der Waals surface area (Å²) in [7, 11) is 0. The van der Waals surface area contributed by atoms with Gasteiger partial charge in [0.05, 0.1) is 23.9 Å². The largest absolute Gasteiger partial charge is 0.494 e. The fraction of sp³-hybridized carbons (Fsp3) is 0.524. The maximum Gasteiger partial charge on any atom is 0.273 e. The third-order valence-corrected chi connectivity index (χ3v) is 3.70. The molecule has 0 aliphatic heterocycles. The molecule has 0 unspecified atom stereocenters. The first kappa shape index (κ1) is 22.7. The monoisotopic (exact) mass is 376 g/mol. The van der Waals surface area contributed by atoms with Gasteiger partial charge in [-0.2, -0.15) is 5.10 Å². The molecule has 1 aromatic carbocycles. The molecule has 27 heavy (non-hydrogen) atoms. The number of rotatable bonds is 7. The third-order valence-electron chi connectivity index (χ3n) is 3.70. The molecule has 0 atom stereocenters.